The molecule has 14 heavy (non-hydrogen) atoms. The summed E-state index contributed by atoms with van der Waals surface area (Å²) in [7, 11) is 4.26. The van der Waals surface area contributed by atoms with Crippen molar-refractivity contribution in [2.75, 3.05) is 19.0 Å². The van der Waals surface area contributed by atoms with Gasteiger partial charge in [-0.15, -0.1) is 0 Å². The molecule has 0 aliphatic carbocycles. The van der Waals surface area contributed by atoms with Gasteiger partial charge in [0.25, 0.3) is 0 Å². The highest BCUT2D eigenvalue weighted by atomic mass is 15.1. The summed E-state index contributed by atoms with van der Waals surface area (Å²) in [5.41, 5.74) is 5.73. The van der Waals surface area contributed by atoms with Crippen molar-refractivity contribution in [3.8, 4) is 0 Å². The highest BCUT2D eigenvalue weighted by Gasteiger charge is 2.08. The summed E-state index contributed by atoms with van der Waals surface area (Å²) >= 11 is 0. The highest BCUT2D eigenvalue weighted by molar-refractivity contribution is 5.60. The van der Waals surface area contributed by atoms with E-state index in [2.05, 4.69) is 51.9 Å². The number of anilines is 1. The van der Waals surface area contributed by atoms with E-state index in [0.29, 0.717) is 0 Å². The molecule has 0 aromatic heterocycles. The number of nitrogens with zero attached hydrogens (tertiary/aromatic N) is 1. The zero-order valence-corrected chi connectivity index (χ0v) is 10.0. The summed E-state index contributed by atoms with van der Waals surface area (Å²) in [5.74, 6) is 0. The molecule has 0 saturated carbocycles. The minimum absolute atomic E-state index is 1.11. The lowest BCUT2D eigenvalue weighted by Gasteiger charge is -2.21. The van der Waals surface area contributed by atoms with Crippen molar-refractivity contribution >= 4 is 5.69 Å². The summed E-state index contributed by atoms with van der Waals surface area (Å²) in [6.07, 6.45) is 2.23. The first-order chi connectivity index (χ1) is 6.60. The fourth-order valence-electron chi connectivity index (χ4n) is 2.05. The van der Waals surface area contributed by atoms with Gasteiger partial charge in [-0.3, -0.25) is 0 Å². The van der Waals surface area contributed by atoms with Crippen LogP contribution in [0.5, 0.6) is 0 Å². The van der Waals surface area contributed by atoms with Gasteiger partial charge in [-0.1, -0.05) is 31.5 Å². The number of rotatable bonds is 3. The van der Waals surface area contributed by atoms with Crippen LogP contribution in [-0.4, -0.2) is 14.1 Å². The normalized spacial score (nSPS) is 10.4. The van der Waals surface area contributed by atoms with Gasteiger partial charge in [0, 0.05) is 19.8 Å². The molecule has 78 valence electrons. The largest absolute Gasteiger partial charge is 0.377 e. The number of benzene rings is 1. The molecule has 1 nitrogen and oxygen atoms in total. The topological polar surface area (TPSA) is 3.24 Å². The van der Waals surface area contributed by atoms with Crippen LogP contribution in [0.25, 0.3) is 0 Å². The van der Waals surface area contributed by atoms with Crippen LogP contribution in [0.15, 0.2) is 12.1 Å². The Morgan fingerprint density at radius 3 is 1.71 bits per heavy atom. The maximum absolute atomic E-state index is 2.30. The lowest BCUT2D eigenvalue weighted by atomic mass is 9.99. The lowest BCUT2D eigenvalue weighted by Crippen LogP contribution is -2.14. The van der Waals surface area contributed by atoms with Crippen LogP contribution in [0.4, 0.5) is 5.69 Å². The Bertz CT molecular complexity index is 288. The lowest BCUT2D eigenvalue weighted by molar-refractivity contribution is 1.01. The Morgan fingerprint density at radius 2 is 1.43 bits per heavy atom. The molecule has 0 fully saturated rings. The summed E-state index contributed by atoms with van der Waals surface area (Å²) in [6, 6.07) is 4.60. The number of hydrogen-bond donors (Lipinski definition) is 0. The van der Waals surface area contributed by atoms with E-state index in [4.69, 9.17) is 0 Å². The molecular weight excluding hydrogens is 170 g/mol. The summed E-state index contributed by atoms with van der Waals surface area (Å²) in [6.45, 7) is 6.63. The van der Waals surface area contributed by atoms with Crippen molar-refractivity contribution in [3.63, 3.8) is 0 Å². The molecule has 0 N–H and O–H groups in total. The van der Waals surface area contributed by atoms with Crippen molar-refractivity contribution in [2.24, 2.45) is 0 Å². The molecule has 0 amide bonds. The van der Waals surface area contributed by atoms with Crippen LogP contribution in [0.2, 0.25) is 0 Å². The first-order valence-electron chi connectivity index (χ1n) is 5.39. The maximum Gasteiger partial charge on any atom is 0.0426 e. The van der Waals surface area contributed by atoms with Crippen molar-refractivity contribution in [3.05, 3.63) is 28.8 Å². The molecule has 0 unspecified atom stereocenters. The number of hydrogen-bond acceptors (Lipinski definition) is 1. The molecule has 1 rings (SSSR count). The average molecular weight is 191 g/mol. The smallest absolute Gasteiger partial charge is 0.0426 e. The van der Waals surface area contributed by atoms with E-state index in [1.807, 2.05) is 0 Å². The van der Waals surface area contributed by atoms with Gasteiger partial charge in [-0.05, 0) is 30.9 Å². The molecule has 0 atom stereocenters. The molecule has 1 aromatic rings. The van der Waals surface area contributed by atoms with Crippen LogP contribution >= 0.6 is 0 Å². The standard InChI is InChI=1S/C13H21N/c1-6-11-8-10(3)9-12(7-2)13(11)14(4)5/h8-9H,6-7H2,1-5H3. The van der Waals surface area contributed by atoms with Crippen molar-refractivity contribution < 1.29 is 0 Å². The van der Waals surface area contributed by atoms with Crippen molar-refractivity contribution in [1.29, 1.82) is 0 Å². The Kier molecular flexibility index (Phi) is 3.56. The van der Waals surface area contributed by atoms with E-state index in [9.17, 15) is 0 Å². The Hall–Kier alpha value is -0.980. The second-order valence-corrected chi connectivity index (χ2v) is 4.03. The average Bonchev–Trinajstić information content (AvgIpc) is 2.15. The molecule has 1 aromatic carbocycles. The van der Waals surface area contributed by atoms with Gasteiger partial charge in [0.15, 0.2) is 0 Å². The van der Waals surface area contributed by atoms with Crippen LogP contribution < -0.4 is 4.90 Å². The van der Waals surface area contributed by atoms with E-state index in [0.717, 1.165) is 12.8 Å². The monoisotopic (exact) mass is 191 g/mol. The van der Waals surface area contributed by atoms with E-state index in [1.165, 1.54) is 22.4 Å². The van der Waals surface area contributed by atoms with Crippen LogP contribution in [0.3, 0.4) is 0 Å². The van der Waals surface area contributed by atoms with Gasteiger partial charge in [-0.25, -0.2) is 0 Å². The molecule has 0 saturated heterocycles. The predicted octanol–water partition coefficient (Wildman–Crippen LogP) is 3.19. The van der Waals surface area contributed by atoms with E-state index < -0.39 is 0 Å². The zero-order chi connectivity index (χ0) is 10.7. The first kappa shape index (κ1) is 11.1. The van der Waals surface area contributed by atoms with Gasteiger partial charge >= 0.3 is 0 Å². The number of aryl methyl sites for hydroxylation is 3. The SMILES string of the molecule is CCc1cc(C)cc(CC)c1N(C)C. The Morgan fingerprint density at radius 1 is 1.00 bits per heavy atom. The molecule has 0 heterocycles. The van der Waals surface area contributed by atoms with E-state index in [1.54, 1.807) is 0 Å². The van der Waals surface area contributed by atoms with Gasteiger partial charge < -0.3 is 4.90 Å². The molecule has 0 radical (unpaired) electrons. The van der Waals surface area contributed by atoms with Gasteiger partial charge in [0.2, 0.25) is 0 Å². The van der Waals surface area contributed by atoms with Crippen molar-refractivity contribution in [2.45, 2.75) is 33.6 Å². The van der Waals surface area contributed by atoms with Crippen LogP contribution in [-0.2, 0) is 12.8 Å². The Labute approximate surface area is 87.7 Å². The van der Waals surface area contributed by atoms with Gasteiger partial charge in [0.1, 0.15) is 0 Å². The second kappa shape index (κ2) is 4.50. The van der Waals surface area contributed by atoms with Gasteiger partial charge in [-0.2, -0.15) is 0 Å². The van der Waals surface area contributed by atoms with E-state index >= 15 is 0 Å². The fourth-order valence-corrected chi connectivity index (χ4v) is 2.05. The molecule has 0 aliphatic rings. The molecule has 0 aliphatic heterocycles. The molecule has 0 spiro atoms. The van der Waals surface area contributed by atoms with Crippen molar-refractivity contribution in [1.82, 2.24) is 0 Å². The summed E-state index contributed by atoms with van der Waals surface area (Å²) < 4.78 is 0. The summed E-state index contributed by atoms with van der Waals surface area (Å²) in [4.78, 5) is 2.23. The third-order valence-corrected chi connectivity index (χ3v) is 2.62. The molecule has 0 bridgehead atoms. The quantitative estimate of drug-likeness (QED) is 0.709. The maximum atomic E-state index is 2.30. The fraction of sp³-hybridized carbons (Fsp3) is 0.538. The Balaban J connectivity index is 3.33. The minimum atomic E-state index is 1.11. The molecule has 1 heteroatoms. The van der Waals surface area contributed by atoms with E-state index in [-0.39, 0.29) is 0 Å². The minimum Gasteiger partial charge on any atom is -0.377 e. The van der Waals surface area contributed by atoms with Crippen LogP contribution in [0, 0.1) is 6.92 Å². The first-order valence-corrected chi connectivity index (χ1v) is 5.39. The van der Waals surface area contributed by atoms with Gasteiger partial charge in [0.05, 0.1) is 0 Å². The van der Waals surface area contributed by atoms with Crippen LogP contribution in [0.1, 0.15) is 30.5 Å². The second-order valence-electron chi connectivity index (χ2n) is 4.03. The third-order valence-electron chi connectivity index (χ3n) is 2.62. The zero-order valence-electron chi connectivity index (χ0n) is 10.0. The summed E-state index contributed by atoms with van der Waals surface area (Å²) in [5, 5.41) is 0. The third kappa shape index (κ3) is 2.09. The molecular formula is C13H21N. The predicted molar refractivity (Wildman–Crippen MR) is 64.3 cm³/mol. The highest BCUT2D eigenvalue weighted by Crippen LogP contribution is 2.26.